The zero-order valence-electron chi connectivity index (χ0n) is 13.2. The standard InChI is InChI=1S/C15H18F3N3O3/c1-8(2)24-11-4-3-5-20-12(11)14(23)21-6-9(13(19)22)10(7-21)15(16,17)18/h3-5,8-10H,6-7H2,1-2H3,(H2,19,22)/t9-,10-/m1/s1. The topological polar surface area (TPSA) is 85.5 Å². The van der Waals surface area contributed by atoms with E-state index in [2.05, 4.69) is 4.98 Å². The van der Waals surface area contributed by atoms with Crippen LogP contribution in [0, 0.1) is 11.8 Å². The van der Waals surface area contributed by atoms with Crippen LogP contribution in [0.5, 0.6) is 5.75 Å². The average Bonchev–Trinajstić information content (AvgIpc) is 2.92. The number of carbonyl (C=O) groups is 2. The second-order valence-corrected chi connectivity index (χ2v) is 5.88. The molecule has 2 N–H and O–H groups in total. The molecule has 24 heavy (non-hydrogen) atoms. The van der Waals surface area contributed by atoms with Gasteiger partial charge in [0.05, 0.1) is 17.9 Å². The molecule has 1 aromatic rings. The lowest BCUT2D eigenvalue weighted by atomic mass is 9.95. The highest BCUT2D eigenvalue weighted by Gasteiger charge is 2.53. The van der Waals surface area contributed by atoms with Gasteiger partial charge in [-0.1, -0.05) is 0 Å². The molecule has 1 aromatic heterocycles. The Bertz CT molecular complexity index is 634. The minimum Gasteiger partial charge on any atom is -0.489 e. The summed E-state index contributed by atoms with van der Waals surface area (Å²) in [6.45, 7) is 2.48. The molecule has 0 aromatic carbocycles. The molecule has 2 amide bonds. The number of pyridine rings is 1. The van der Waals surface area contributed by atoms with Crippen LogP contribution in [0.2, 0.25) is 0 Å². The van der Waals surface area contributed by atoms with Crippen molar-refractivity contribution in [2.45, 2.75) is 26.1 Å². The second kappa shape index (κ2) is 6.66. The van der Waals surface area contributed by atoms with Crippen LogP contribution < -0.4 is 10.5 Å². The number of aromatic nitrogens is 1. The number of hydrogen-bond acceptors (Lipinski definition) is 4. The summed E-state index contributed by atoms with van der Waals surface area (Å²) < 4.78 is 44.7. The molecule has 0 spiro atoms. The number of nitrogens with two attached hydrogens (primary N) is 1. The van der Waals surface area contributed by atoms with Crippen LogP contribution in [-0.2, 0) is 4.79 Å². The van der Waals surface area contributed by atoms with Crippen LogP contribution in [-0.4, -0.2) is 47.1 Å². The van der Waals surface area contributed by atoms with Gasteiger partial charge in [-0.2, -0.15) is 13.2 Å². The van der Waals surface area contributed by atoms with Gasteiger partial charge in [0.2, 0.25) is 5.91 Å². The van der Waals surface area contributed by atoms with Gasteiger partial charge in [0, 0.05) is 19.3 Å². The summed E-state index contributed by atoms with van der Waals surface area (Å²) in [5.41, 5.74) is 4.98. The normalized spacial score (nSPS) is 21.2. The molecule has 0 bridgehead atoms. The fourth-order valence-corrected chi connectivity index (χ4v) is 2.64. The molecule has 1 fully saturated rings. The van der Waals surface area contributed by atoms with Crippen molar-refractivity contribution in [1.82, 2.24) is 9.88 Å². The van der Waals surface area contributed by atoms with Crippen LogP contribution >= 0.6 is 0 Å². The number of carbonyl (C=O) groups excluding carboxylic acids is 2. The highest BCUT2D eigenvalue weighted by molar-refractivity contribution is 5.95. The maximum atomic E-state index is 13.1. The predicted octanol–water partition coefficient (Wildman–Crippen LogP) is 1.60. The van der Waals surface area contributed by atoms with Crippen molar-refractivity contribution in [2.24, 2.45) is 17.6 Å². The van der Waals surface area contributed by atoms with Crippen molar-refractivity contribution >= 4 is 11.8 Å². The van der Waals surface area contributed by atoms with Crippen molar-refractivity contribution in [1.29, 1.82) is 0 Å². The third-order valence-electron chi connectivity index (χ3n) is 3.73. The quantitative estimate of drug-likeness (QED) is 0.898. The van der Waals surface area contributed by atoms with Crippen LogP contribution in [0.15, 0.2) is 18.3 Å². The first-order valence-corrected chi connectivity index (χ1v) is 7.38. The fraction of sp³-hybridized carbons (Fsp3) is 0.533. The molecule has 1 aliphatic heterocycles. The second-order valence-electron chi connectivity index (χ2n) is 5.88. The molecule has 6 nitrogen and oxygen atoms in total. The van der Waals surface area contributed by atoms with Gasteiger partial charge in [0.15, 0.2) is 11.4 Å². The van der Waals surface area contributed by atoms with Gasteiger partial charge in [-0.05, 0) is 26.0 Å². The lowest BCUT2D eigenvalue weighted by molar-refractivity contribution is -0.182. The third-order valence-corrected chi connectivity index (χ3v) is 3.73. The van der Waals surface area contributed by atoms with Crippen molar-refractivity contribution in [3.05, 3.63) is 24.0 Å². The maximum Gasteiger partial charge on any atom is 0.394 e. The van der Waals surface area contributed by atoms with Gasteiger partial charge in [-0.3, -0.25) is 9.59 Å². The van der Waals surface area contributed by atoms with E-state index in [1.165, 1.54) is 12.3 Å². The first kappa shape index (κ1) is 18.0. The van der Waals surface area contributed by atoms with Gasteiger partial charge >= 0.3 is 6.18 Å². The maximum absolute atomic E-state index is 13.1. The van der Waals surface area contributed by atoms with Crippen LogP contribution in [0.4, 0.5) is 13.2 Å². The van der Waals surface area contributed by atoms with Gasteiger partial charge in [-0.25, -0.2) is 4.98 Å². The fourth-order valence-electron chi connectivity index (χ4n) is 2.64. The minimum atomic E-state index is -4.61. The minimum absolute atomic E-state index is 0.0859. The van der Waals surface area contributed by atoms with Crippen molar-refractivity contribution in [3.63, 3.8) is 0 Å². The first-order valence-electron chi connectivity index (χ1n) is 7.38. The van der Waals surface area contributed by atoms with E-state index in [9.17, 15) is 22.8 Å². The molecule has 0 aliphatic carbocycles. The summed E-state index contributed by atoms with van der Waals surface area (Å²) in [5.74, 6) is -5.05. The highest BCUT2D eigenvalue weighted by atomic mass is 19.4. The molecule has 1 saturated heterocycles. The summed E-state index contributed by atoms with van der Waals surface area (Å²) >= 11 is 0. The first-order chi connectivity index (χ1) is 11.1. The SMILES string of the molecule is CC(C)Oc1cccnc1C(=O)N1C[C@@H](C(F)(F)F)[C@H](C(N)=O)C1. The lowest BCUT2D eigenvalue weighted by Gasteiger charge is -2.19. The van der Waals surface area contributed by atoms with E-state index in [0.717, 1.165) is 4.90 Å². The number of nitrogens with zero attached hydrogens (tertiary/aromatic N) is 2. The molecule has 0 radical (unpaired) electrons. The number of alkyl halides is 3. The van der Waals surface area contributed by atoms with E-state index >= 15 is 0 Å². The van der Waals surface area contributed by atoms with E-state index < -0.39 is 42.9 Å². The summed E-state index contributed by atoms with van der Waals surface area (Å²) in [6, 6.07) is 3.08. The Balaban J connectivity index is 2.27. The molecular formula is C15H18F3N3O3. The number of primary amides is 1. The summed E-state index contributed by atoms with van der Waals surface area (Å²) in [5, 5.41) is 0. The Morgan fingerprint density at radius 2 is 2.04 bits per heavy atom. The van der Waals surface area contributed by atoms with E-state index in [1.807, 2.05) is 0 Å². The third kappa shape index (κ3) is 3.77. The van der Waals surface area contributed by atoms with Gasteiger partial charge in [-0.15, -0.1) is 0 Å². The number of hydrogen-bond donors (Lipinski definition) is 1. The van der Waals surface area contributed by atoms with Gasteiger partial charge in [0.1, 0.15) is 0 Å². The predicted molar refractivity (Wildman–Crippen MR) is 78.1 cm³/mol. The Morgan fingerprint density at radius 1 is 1.38 bits per heavy atom. The van der Waals surface area contributed by atoms with Crippen molar-refractivity contribution in [3.8, 4) is 5.75 Å². The highest BCUT2D eigenvalue weighted by Crippen LogP contribution is 2.38. The molecule has 0 saturated carbocycles. The molecule has 9 heteroatoms. The lowest BCUT2D eigenvalue weighted by Crippen LogP contribution is -2.37. The van der Waals surface area contributed by atoms with Crippen molar-refractivity contribution in [2.75, 3.05) is 13.1 Å². The molecule has 2 atom stereocenters. The number of halogens is 3. The van der Waals surface area contributed by atoms with Crippen LogP contribution in [0.25, 0.3) is 0 Å². The summed E-state index contributed by atoms with van der Waals surface area (Å²) in [6.07, 6.45) is -3.50. The van der Waals surface area contributed by atoms with Crippen molar-refractivity contribution < 1.29 is 27.5 Å². The average molecular weight is 345 g/mol. The van der Waals surface area contributed by atoms with E-state index in [4.69, 9.17) is 10.5 Å². The number of amides is 2. The van der Waals surface area contributed by atoms with Gasteiger partial charge in [0.25, 0.3) is 5.91 Å². The largest absolute Gasteiger partial charge is 0.489 e. The molecule has 2 heterocycles. The Labute approximate surface area is 136 Å². The van der Waals surface area contributed by atoms with Gasteiger partial charge < -0.3 is 15.4 Å². The monoisotopic (exact) mass is 345 g/mol. The Morgan fingerprint density at radius 3 is 2.54 bits per heavy atom. The molecule has 132 valence electrons. The number of rotatable bonds is 4. The summed E-state index contributed by atoms with van der Waals surface area (Å²) in [4.78, 5) is 28.7. The summed E-state index contributed by atoms with van der Waals surface area (Å²) in [7, 11) is 0. The van der Waals surface area contributed by atoms with Crippen LogP contribution in [0.1, 0.15) is 24.3 Å². The zero-order chi connectivity index (χ0) is 18.1. The van der Waals surface area contributed by atoms with E-state index in [-0.39, 0.29) is 17.5 Å². The zero-order valence-corrected chi connectivity index (χ0v) is 13.2. The van der Waals surface area contributed by atoms with E-state index in [1.54, 1.807) is 19.9 Å². The molecule has 0 unspecified atom stereocenters. The molecule has 2 rings (SSSR count). The molecule has 1 aliphatic rings. The van der Waals surface area contributed by atoms with Crippen LogP contribution in [0.3, 0.4) is 0 Å². The van der Waals surface area contributed by atoms with E-state index in [0.29, 0.717) is 0 Å². The number of likely N-dealkylation sites (tertiary alicyclic amines) is 1. The Hall–Kier alpha value is -2.32. The number of ether oxygens (including phenoxy) is 1. The Kier molecular flexibility index (Phi) is 5.00. The smallest absolute Gasteiger partial charge is 0.394 e. The molecular weight excluding hydrogens is 327 g/mol.